The molecule has 0 bridgehead atoms. The fraction of sp³-hybridized carbons (Fsp3) is 0.417. The summed E-state index contributed by atoms with van der Waals surface area (Å²) in [5.41, 5.74) is 1.48. The summed E-state index contributed by atoms with van der Waals surface area (Å²) in [6, 6.07) is 12.7. The molecule has 1 N–H and O–H groups in total. The maximum atomic E-state index is 13.7. The smallest absolute Gasteiger partial charge is 0.233 e. The second-order valence-corrected chi connectivity index (χ2v) is 8.72. The monoisotopic (exact) mass is 421 g/mol. The summed E-state index contributed by atoms with van der Waals surface area (Å²) in [5.74, 6) is 1.91. The molecule has 1 aliphatic heterocycles. The van der Waals surface area contributed by atoms with Crippen molar-refractivity contribution >= 4 is 11.7 Å². The molecule has 3 heterocycles. The second kappa shape index (κ2) is 7.87. The number of aryl methyl sites for hydroxylation is 1. The van der Waals surface area contributed by atoms with Gasteiger partial charge in [-0.15, -0.1) is 0 Å². The van der Waals surface area contributed by atoms with Gasteiger partial charge in [0.15, 0.2) is 5.82 Å². The summed E-state index contributed by atoms with van der Waals surface area (Å²) in [5, 5.41) is 7.38. The molecule has 3 aromatic rings. The number of amides is 1. The minimum absolute atomic E-state index is 0.203. The Hall–Kier alpha value is -3.09. The van der Waals surface area contributed by atoms with Crippen LogP contribution in [0.15, 0.2) is 48.7 Å². The molecule has 2 fully saturated rings. The molecular weight excluding hydrogens is 393 g/mol. The number of rotatable bonds is 4. The van der Waals surface area contributed by atoms with Gasteiger partial charge < -0.3 is 9.80 Å². The van der Waals surface area contributed by atoms with E-state index in [0.717, 1.165) is 61.7 Å². The molecule has 0 atom stereocenters. The third kappa shape index (κ3) is 3.52. The van der Waals surface area contributed by atoms with Gasteiger partial charge in [-0.1, -0.05) is 25.0 Å². The van der Waals surface area contributed by atoms with Crippen LogP contribution in [0.5, 0.6) is 0 Å². The van der Waals surface area contributed by atoms with E-state index in [9.17, 15) is 9.18 Å². The maximum absolute atomic E-state index is 13.7. The number of halogens is 1. The predicted molar refractivity (Wildman–Crippen MR) is 118 cm³/mol. The minimum atomic E-state index is -0.497. The molecule has 6 nitrogen and oxygen atoms in total. The largest absolute Gasteiger partial charge is 0.354 e. The molecule has 1 saturated carbocycles. The molecule has 0 spiro atoms. The molecule has 1 aliphatic carbocycles. The van der Waals surface area contributed by atoms with Crippen LogP contribution >= 0.6 is 0 Å². The molecule has 5 rings (SSSR count). The van der Waals surface area contributed by atoms with Crippen LogP contribution in [0, 0.1) is 12.7 Å². The number of carbonyl (C=O) groups excluding carboxylic acids is 1. The van der Waals surface area contributed by atoms with E-state index in [0.29, 0.717) is 13.1 Å². The molecule has 1 amide bonds. The number of nitrogens with one attached hydrogen (secondary N) is 1. The standard InChI is InChI=1S/C24H28FN5O/c1-18-17-21(27-26-18)30-12-4-5-22(30)28-13-15-29(16-14-28)23(31)24(10-2-3-11-24)19-6-8-20(25)9-7-19/h4-9,12,17H,2-3,10-11,13-16H2,1H3,(H,26,27). The lowest BCUT2D eigenvalue weighted by molar-refractivity contribution is -0.137. The molecule has 1 aromatic carbocycles. The van der Waals surface area contributed by atoms with Crippen molar-refractivity contribution in [3.63, 3.8) is 0 Å². The van der Waals surface area contributed by atoms with Crippen LogP contribution in [0.25, 0.3) is 5.82 Å². The van der Waals surface area contributed by atoms with E-state index in [-0.39, 0.29) is 11.7 Å². The highest BCUT2D eigenvalue weighted by atomic mass is 19.1. The van der Waals surface area contributed by atoms with Gasteiger partial charge in [-0.3, -0.25) is 14.5 Å². The Bertz CT molecular complexity index is 1060. The number of aromatic amines is 1. The topological polar surface area (TPSA) is 57.2 Å². The zero-order valence-corrected chi connectivity index (χ0v) is 17.9. The number of hydrogen-bond donors (Lipinski definition) is 1. The molecule has 7 heteroatoms. The third-order valence-corrected chi connectivity index (χ3v) is 6.82. The Morgan fingerprint density at radius 2 is 1.77 bits per heavy atom. The summed E-state index contributed by atoms with van der Waals surface area (Å²) in [7, 11) is 0. The van der Waals surface area contributed by atoms with Gasteiger partial charge >= 0.3 is 0 Å². The lowest BCUT2D eigenvalue weighted by Crippen LogP contribution is -2.54. The Kier molecular flexibility index (Phi) is 5.04. The van der Waals surface area contributed by atoms with Crippen molar-refractivity contribution in [3.05, 3.63) is 65.7 Å². The first-order valence-electron chi connectivity index (χ1n) is 11.1. The van der Waals surface area contributed by atoms with Gasteiger partial charge in [0.25, 0.3) is 0 Å². The summed E-state index contributed by atoms with van der Waals surface area (Å²) >= 11 is 0. The van der Waals surface area contributed by atoms with Crippen molar-refractivity contribution in [3.8, 4) is 5.82 Å². The van der Waals surface area contributed by atoms with Crippen molar-refractivity contribution in [1.82, 2.24) is 19.7 Å². The van der Waals surface area contributed by atoms with E-state index in [1.54, 1.807) is 12.1 Å². The third-order valence-electron chi connectivity index (χ3n) is 6.82. The number of carbonyl (C=O) groups is 1. The number of H-pyrrole nitrogens is 1. The summed E-state index contributed by atoms with van der Waals surface area (Å²) in [4.78, 5) is 18.0. The van der Waals surface area contributed by atoms with Gasteiger partial charge in [0.05, 0.1) is 5.41 Å². The van der Waals surface area contributed by atoms with Gasteiger partial charge in [0.2, 0.25) is 5.91 Å². The fourth-order valence-electron chi connectivity index (χ4n) is 5.17. The lowest BCUT2D eigenvalue weighted by atomic mass is 9.77. The lowest BCUT2D eigenvalue weighted by Gasteiger charge is -2.40. The fourth-order valence-corrected chi connectivity index (χ4v) is 5.17. The first-order valence-corrected chi connectivity index (χ1v) is 11.1. The summed E-state index contributed by atoms with van der Waals surface area (Å²) < 4.78 is 15.6. The van der Waals surface area contributed by atoms with Crippen LogP contribution in [0.1, 0.15) is 36.9 Å². The zero-order chi connectivity index (χ0) is 21.4. The van der Waals surface area contributed by atoms with E-state index < -0.39 is 5.41 Å². The Balaban J connectivity index is 1.32. The molecule has 0 radical (unpaired) electrons. The normalized spacial score (nSPS) is 18.5. The minimum Gasteiger partial charge on any atom is -0.354 e. The highest BCUT2D eigenvalue weighted by molar-refractivity contribution is 5.89. The van der Waals surface area contributed by atoms with Gasteiger partial charge in [-0.2, -0.15) is 5.10 Å². The van der Waals surface area contributed by atoms with Crippen LogP contribution in [-0.4, -0.2) is 51.8 Å². The van der Waals surface area contributed by atoms with Crippen LogP contribution in [0.4, 0.5) is 10.2 Å². The number of piperazine rings is 1. The van der Waals surface area contributed by atoms with Crippen molar-refractivity contribution in [1.29, 1.82) is 0 Å². The highest BCUT2D eigenvalue weighted by Gasteiger charge is 2.45. The number of benzene rings is 1. The van der Waals surface area contributed by atoms with Crippen LogP contribution in [0.3, 0.4) is 0 Å². The molecule has 1 saturated heterocycles. The van der Waals surface area contributed by atoms with Gasteiger partial charge in [0, 0.05) is 44.1 Å². The Morgan fingerprint density at radius 3 is 2.42 bits per heavy atom. The predicted octanol–water partition coefficient (Wildman–Crippen LogP) is 3.81. The quantitative estimate of drug-likeness (QED) is 0.697. The first-order chi connectivity index (χ1) is 15.1. The van der Waals surface area contributed by atoms with Crippen LogP contribution in [0.2, 0.25) is 0 Å². The highest BCUT2D eigenvalue weighted by Crippen LogP contribution is 2.43. The first kappa shape index (κ1) is 19.8. The van der Waals surface area contributed by atoms with Crippen molar-refractivity contribution in [2.45, 2.75) is 38.0 Å². The average Bonchev–Trinajstić information content (AvgIpc) is 3.55. The zero-order valence-electron chi connectivity index (χ0n) is 17.9. The van der Waals surface area contributed by atoms with Gasteiger partial charge in [-0.25, -0.2) is 4.39 Å². The number of aromatic nitrogens is 3. The SMILES string of the molecule is Cc1cc(-n2cccc2N2CCN(C(=O)C3(c4ccc(F)cc4)CCCC3)CC2)n[nH]1. The van der Waals surface area contributed by atoms with E-state index in [2.05, 4.69) is 25.7 Å². The Labute approximate surface area is 181 Å². The molecule has 162 valence electrons. The van der Waals surface area contributed by atoms with Crippen LogP contribution < -0.4 is 4.90 Å². The van der Waals surface area contributed by atoms with E-state index in [1.165, 1.54) is 12.1 Å². The molecule has 2 aromatic heterocycles. The van der Waals surface area contributed by atoms with Gasteiger partial charge in [0.1, 0.15) is 11.6 Å². The molecule has 2 aliphatic rings. The average molecular weight is 422 g/mol. The number of nitrogens with zero attached hydrogens (tertiary/aromatic N) is 4. The summed E-state index contributed by atoms with van der Waals surface area (Å²) in [6.45, 7) is 4.92. The van der Waals surface area contributed by atoms with E-state index in [4.69, 9.17) is 0 Å². The molecular formula is C24H28FN5O. The van der Waals surface area contributed by atoms with Gasteiger partial charge in [-0.05, 0) is 49.6 Å². The maximum Gasteiger partial charge on any atom is 0.233 e. The number of hydrogen-bond acceptors (Lipinski definition) is 3. The van der Waals surface area contributed by atoms with E-state index in [1.807, 2.05) is 30.2 Å². The van der Waals surface area contributed by atoms with Crippen molar-refractivity contribution in [2.24, 2.45) is 0 Å². The van der Waals surface area contributed by atoms with E-state index >= 15 is 0 Å². The van der Waals surface area contributed by atoms with Crippen LogP contribution in [-0.2, 0) is 10.2 Å². The Morgan fingerprint density at radius 1 is 1.06 bits per heavy atom. The van der Waals surface area contributed by atoms with Crippen molar-refractivity contribution < 1.29 is 9.18 Å². The number of anilines is 1. The molecule has 31 heavy (non-hydrogen) atoms. The van der Waals surface area contributed by atoms with Crippen molar-refractivity contribution in [2.75, 3.05) is 31.1 Å². The molecule has 0 unspecified atom stereocenters. The summed E-state index contributed by atoms with van der Waals surface area (Å²) in [6.07, 6.45) is 5.79. The second-order valence-electron chi connectivity index (χ2n) is 8.72.